The number of benzene rings is 2. The van der Waals surface area contributed by atoms with Crippen molar-refractivity contribution in [2.45, 2.75) is 18.7 Å². The highest BCUT2D eigenvalue weighted by Gasteiger charge is 2.29. The Labute approximate surface area is 164 Å². The molecule has 0 bridgehead atoms. The number of halogens is 1. The molecular formula is C19H22FN3O2S2. The predicted molar refractivity (Wildman–Crippen MR) is 109 cm³/mol. The Morgan fingerprint density at radius 1 is 1.04 bits per heavy atom. The molecule has 1 fully saturated rings. The minimum absolute atomic E-state index is 0.105. The van der Waals surface area contributed by atoms with Gasteiger partial charge in [-0.2, -0.15) is 4.31 Å². The summed E-state index contributed by atoms with van der Waals surface area (Å²) in [5.74, 6) is -0.457. The molecule has 3 rings (SSSR count). The molecule has 0 saturated carbocycles. The predicted octanol–water partition coefficient (Wildman–Crippen LogP) is 3.15. The molecule has 1 heterocycles. The minimum atomic E-state index is -3.62. The number of rotatable bonds is 3. The number of anilines is 1. The van der Waals surface area contributed by atoms with Crippen molar-refractivity contribution in [1.29, 1.82) is 0 Å². The lowest BCUT2D eigenvalue weighted by atomic mass is 10.1. The van der Waals surface area contributed by atoms with E-state index in [4.69, 9.17) is 12.2 Å². The summed E-state index contributed by atoms with van der Waals surface area (Å²) in [6.07, 6.45) is 0. The molecule has 0 radical (unpaired) electrons. The van der Waals surface area contributed by atoms with Crippen LogP contribution in [-0.2, 0) is 10.0 Å². The fourth-order valence-electron chi connectivity index (χ4n) is 2.97. The molecule has 27 heavy (non-hydrogen) atoms. The molecular weight excluding hydrogens is 385 g/mol. The van der Waals surface area contributed by atoms with Crippen molar-refractivity contribution in [3.63, 3.8) is 0 Å². The van der Waals surface area contributed by atoms with Gasteiger partial charge in [-0.15, -0.1) is 0 Å². The summed E-state index contributed by atoms with van der Waals surface area (Å²) in [5.41, 5.74) is 3.27. The van der Waals surface area contributed by atoms with Crippen LogP contribution in [0.5, 0.6) is 0 Å². The van der Waals surface area contributed by atoms with E-state index in [2.05, 4.69) is 5.32 Å². The van der Waals surface area contributed by atoms with E-state index in [1.807, 2.05) is 36.9 Å². The van der Waals surface area contributed by atoms with Crippen LogP contribution in [0.2, 0.25) is 0 Å². The highest BCUT2D eigenvalue weighted by Crippen LogP contribution is 2.21. The van der Waals surface area contributed by atoms with E-state index in [-0.39, 0.29) is 4.90 Å². The van der Waals surface area contributed by atoms with Crippen LogP contribution in [0.1, 0.15) is 11.1 Å². The molecule has 2 aromatic carbocycles. The number of hydrogen-bond acceptors (Lipinski definition) is 3. The lowest BCUT2D eigenvalue weighted by Gasteiger charge is -2.35. The third kappa shape index (κ3) is 4.28. The third-order valence-corrected chi connectivity index (χ3v) is 7.10. The monoisotopic (exact) mass is 407 g/mol. The summed E-state index contributed by atoms with van der Waals surface area (Å²) in [7, 11) is -3.62. The van der Waals surface area contributed by atoms with Gasteiger partial charge in [0.2, 0.25) is 10.0 Å². The van der Waals surface area contributed by atoms with Gasteiger partial charge in [-0.3, -0.25) is 0 Å². The van der Waals surface area contributed by atoms with Crippen LogP contribution in [0.3, 0.4) is 0 Å². The highest BCUT2D eigenvalue weighted by molar-refractivity contribution is 7.89. The topological polar surface area (TPSA) is 52.6 Å². The largest absolute Gasteiger partial charge is 0.346 e. The van der Waals surface area contributed by atoms with Crippen LogP contribution in [0.4, 0.5) is 10.1 Å². The van der Waals surface area contributed by atoms with Crippen LogP contribution >= 0.6 is 12.2 Å². The molecule has 0 aromatic heterocycles. The van der Waals surface area contributed by atoms with E-state index < -0.39 is 15.8 Å². The maximum Gasteiger partial charge on any atom is 0.243 e. The second kappa shape index (κ2) is 7.92. The van der Waals surface area contributed by atoms with E-state index in [9.17, 15) is 12.8 Å². The first kappa shape index (κ1) is 19.7. The second-order valence-electron chi connectivity index (χ2n) is 6.52. The molecule has 1 N–H and O–H groups in total. The number of nitrogens with one attached hydrogen (secondary N) is 1. The van der Waals surface area contributed by atoms with Gasteiger partial charge in [-0.05, 0) is 67.5 Å². The maximum atomic E-state index is 13.1. The van der Waals surface area contributed by atoms with Crippen LogP contribution in [0.25, 0.3) is 0 Å². The quantitative estimate of drug-likeness (QED) is 0.793. The van der Waals surface area contributed by atoms with Gasteiger partial charge in [0, 0.05) is 31.9 Å². The van der Waals surface area contributed by atoms with E-state index in [0.717, 1.165) is 23.4 Å². The first-order valence-corrected chi connectivity index (χ1v) is 10.5. The molecule has 0 amide bonds. The number of aryl methyl sites for hydroxylation is 1. The van der Waals surface area contributed by atoms with E-state index in [1.54, 1.807) is 0 Å². The van der Waals surface area contributed by atoms with Gasteiger partial charge in [-0.25, -0.2) is 12.8 Å². The maximum absolute atomic E-state index is 13.1. The number of sulfonamides is 1. The van der Waals surface area contributed by atoms with Gasteiger partial charge in [0.05, 0.1) is 4.90 Å². The molecule has 2 aromatic rings. The average molecular weight is 408 g/mol. The molecule has 1 aliphatic heterocycles. The summed E-state index contributed by atoms with van der Waals surface area (Å²) in [6.45, 7) is 5.73. The molecule has 1 saturated heterocycles. The Morgan fingerprint density at radius 3 is 2.30 bits per heavy atom. The normalized spacial score (nSPS) is 15.6. The molecule has 144 valence electrons. The summed E-state index contributed by atoms with van der Waals surface area (Å²) in [6, 6.07) is 10.9. The van der Waals surface area contributed by atoms with Gasteiger partial charge < -0.3 is 10.2 Å². The summed E-state index contributed by atoms with van der Waals surface area (Å²) >= 11 is 5.50. The second-order valence-corrected chi connectivity index (χ2v) is 8.85. The number of piperazine rings is 1. The van der Waals surface area contributed by atoms with Crippen molar-refractivity contribution in [2.75, 3.05) is 31.5 Å². The zero-order chi connectivity index (χ0) is 19.6. The molecule has 5 nitrogen and oxygen atoms in total. The summed E-state index contributed by atoms with van der Waals surface area (Å²) < 4.78 is 39.8. The molecule has 0 spiro atoms. The van der Waals surface area contributed by atoms with Crippen LogP contribution in [-0.4, -0.2) is 48.9 Å². The Bertz CT molecular complexity index is 938. The van der Waals surface area contributed by atoms with Gasteiger partial charge in [0.15, 0.2) is 5.11 Å². The lowest BCUT2D eigenvalue weighted by molar-refractivity contribution is 0.268. The van der Waals surface area contributed by atoms with E-state index in [0.29, 0.717) is 31.3 Å². The SMILES string of the molecule is Cc1cccc(NC(=S)N2CCN(S(=O)(=O)c3ccc(F)cc3)CC2)c1C. The molecule has 0 unspecified atom stereocenters. The Hall–Kier alpha value is -2.03. The van der Waals surface area contributed by atoms with Crippen molar-refractivity contribution in [3.8, 4) is 0 Å². The average Bonchev–Trinajstić information content (AvgIpc) is 2.66. The van der Waals surface area contributed by atoms with E-state index in [1.165, 1.54) is 22.0 Å². The Kier molecular flexibility index (Phi) is 5.78. The Morgan fingerprint density at radius 2 is 1.67 bits per heavy atom. The van der Waals surface area contributed by atoms with Gasteiger partial charge in [0.25, 0.3) is 0 Å². The lowest BCUT2D eigenvalue weighted by Crippen LogP contribution is -2.51. The van der Waals surface area contributed by atoms with Crippen molar-refractivity contribution in [3.05, 3.63) is 59.4 Å². The fourth-order valence-corrected chi connectivity index (χ4v) is 4.68. The Balaban J connectivity index is 1.63. The van der Waals surface area contributed by atoms with Crippen LogP contribution in [0, 0.1) is 19.7 Å². The third-order valence-electron chi connectivity index (χ3n) is 4.82. The highest BCUT2D eigenvalue weighted by atomic mass is 32.2. The standard InChI is InChI=1S/C19H22FN3O2S2/c1-14-4-3-5-18(15(14)2)21-19(26)22-10-12-23(13-11-22)27(24,25)17-8-6-16(20)7-9-17/h3-9H,10-13H2,1-2H3,(H,21,26). The van der Waals surface area contributed by atoms with Crippen LogP contribution in [0.15, 0.2) is 47.4 Å². The van der Waals surface area contributed by atoms with Crippen molar-refractivity contribution < 1.29 is 12.8 Å². The molecule has 0 aliphatic carbocycles. The first-order chi connectivity index (χ1) is 12.8. The van der Waals surface area contributed by atoms with Crippen molar-refractivity contribution in [1.82, 2.24) is 9.21 Å². The van der Waals surface area contributed by atoms with E-state index >= 15 is 0 Å². The number of hydrogen-bond donors (Lipinski definition) is 1. The smallest absolute Gasteiger partial charge is 0.243 e. The fraction of sp³-hybridized carbons (Fsp3) is 0.316. The van der Waals surface area contributed by atoms with Gasteiger partial charge in [-0.1, -0.05) is 12.1 Å². The zero-order valence-electron chi connectivity index (χ0n) is 15.3. The number of thiocarbonyl (C=S) groups is 1. The van der Waals surface area contributed by atoms with Gasteiger partial charge >= 0.3 is 0 Å². The van der Waals surface area contributed by atoms with Crippen molar-refractivity contribution in [2.24, 2.45) is 0 Å². The van der Waals surface area contributed by atoms with Crippen molar-refractivity contribution >= 4 is 33.0 Å². The summed E-state index contributed by atoms with van der Waals surface area (Å²) in [5, 5.41) is 3.85. The zero-order valence-corrected chi connectivity index (χ0v) is 16.9. The van der Waals surface area contributed by atoms with Gasteiger partial charge in [0.1, 0.15) is 5.82 Å². The molecule has 8 heteroatoms. The summed E-state index contributed by atoms with van der Waals surface area (Å²) in [4.78, 5) is 2.07. The minimum Gasteiger partial charge on any atom is -0.346 e. The molecule has 0 atom stereocenters. The number of nitrogens with zero attached hydrogens (tertiary/aromatic N) is 2. The first-order valence-electron chi connectivity index (χ1n) is 8.67. The van der Waals surface area contributed by atoms with Crippen LogP contribution < -0.4 is 5.32 Å². The molecule has 1 aliphatic rings.